The molecular formula is C18H35FN2. The summed E-state index contributed by atoms with van der Waals surface area (Å²) in [5.41, 5.74) is 0. The van der Waals surface area contributed by atoms with Crippen LogP contribution in [0.15, 0.2) is 0 Å². The van der Waals surface area contributed by atoms with Crippen molar-refractivity contribution in [2.24, 2.45) is 17.8 Å². The molecule has 21 heavy (non-hydrogen) atoms. The molecule has 0 saturated carbocycles. The largest absolute Gasteiger partial charge is 0.303 e. The van der Waals surface area contributed by atoms with Gasteiger partial charge in [-0.1, -0.05) is 20.8 Å². The lowest BCUT2D eigenvalue weighted by atomic mass is 9.89. The number of alkyl halides is 1. The van der Waals surface area contributed by atoms with Crippen LogP contribution in [-0.4, -0.2) is 55.2 Å². The minimum Gasteiger partial charge on any atom is -0.303 e. The van der Waals surface area contributed by atoms with Crippen LogP contribution in [0, 0.1) is 17.8 Å². The van der Waals surface area contributed by atoms with Crippen LogP contribution in [-0.2, 0) is 0 Å². The molecule has 0 spiro atoms. The molecule has 0 radical (unpaired) electrons. The Bertz CT molecular complexity index is 320. The van der Waals surface area contributed by atoms with Gasteiger partial charge in [0.25, 0.3) is 0 Å². The molecule has 0 aliphatic carbocycles. The molecule has 124 valence electrons. The summed E-state index contributed by atoms with van der Waals surface area (Å²) in [6.07, 6.45) is 5.33. The normalized spacial score (nSPS) is 36.7. The van der Waals surface area contributed by atoms with E-state index in [1.165, 1.54) is 25.8 Å². The Hall–Kier alpha value is -0.150. The fourth-order valence-electron chi connectivity index (χ4n) is 4.62. The predicted molar refractivity (Wildman–Crippen MR) is 88.3 cm³/mol. The summed E-state index contributed by atoms with van der Waals surface area (Å²) < 4.78 is 13.5. The summed E-state index contributed by atoms with van der Waals surface area (Å²) in [4.78, 5) is 4.79. The predicted octanol–water partition coefficient (Wildman–Crippen LogP) is 3.81. The molecule has 2 nitrogen and oxygen atoms in total. The van der Waals surface area contributed by atoms with Crippen LogP contribution in [0.3, 0.4) is 0 Å². The van der Waals surface area contributed by atoms with Crippen molar-refractivity contribution in [3.8, 4) is 0 Å². The summed E-state index contributed by atoms with van der Waals surface area (Å²) in [6.45, 7) is 8.93. The van der Waals surface area contributed by atoms with Crippen LogP contribution in [0.2, 0.25) is 0 Å². The molecule has 2 aliphatic heterocycles. The zero-order chi connectivity index (χ0) is 15.6. The van der Waals surface area contributed by atoms with E-state index in [1.54, 1.807) is 0 Å². The van der Waals surface area contributed by atoms with E-state index < -0.39 is 6.17 Å². The number of rotatable bonds is 6. The van der Waals surface area contributed by atoms with E-state index in [1.807, 2.05) is 0 Å². The van der Waals surface area contributed by atoms with Gasteiger partial charge in [-0.05, 0) is 64.0 Å². The van der Waals surface area contributed by atoms with Crippen LogP contribution < -0.4 is 0 Å². The Kier molecular flexibility index (Phi) is 6.07. The molecule has 3 heteroatoms. The Balaban J connectivity index is 1.76. The zero-order valence-corrected chi connectivity index (χ0v) is 14.7. The van der Waals surface area contributed by atoms with Gasteiger partial charge in [0.2, 0.25) is 0 Å². The fraction of sp³-hybridized carbons (Fsp3) is 1.00. The van der Waals surface area contributed by atoms with E-state index in [-0.39, 0.29) is 0 Å². The molecule has 3 unspecified atom stereocenters. The van der Waals surface area contributed by atoms with E-state index in [9.17, 15) is 4.39 Å². The van der Waals surface area contributed by atoms with Crippen molar-refractivity contribution in [2.45, 2.75) is 71.1 Å². The van der Waals surface area contributed by atoms with Gasteiger partial charge in [-0.25, -0.2) is 4.39 Å². The maximum Gasteiger partial charge on any atom is 0.114 e. The van der Waals surface area contributed by atoms with Gasteiger partial charge in [0.05, 0.1) is 0 Å². The van der Waals surface area contributed by atoms with Gasteiger partial charge in [-0.2, -0.15) is 0 Å². The summed E-state index contributed by atoms with van der Waals surface area (Å²) >= 11 is 0. The van der Waals surface area contributed by atoms with Crippen LogP contribution >= 0.6 is 0 Å². The highest BCUT2D eigenvalue weighted by atomic mass is 19.1. The van der Waals surface area contributed by atoms with Crippen LogP contribution in [0.1, 0.15) is 52.9 Å². The van der Waals surface area contributed by atoms with Crippen molar-refractivity contribution in [3.05, 3.63) is 0 Å². The highest BCUT2D eigenvalue weighted by Gasteiger charge is 2.33. The first-order chi connectivity index (χ1) is 9.85. The van der Waals surface area contributed by atoms with Gasteiger partial charge in [-0.15, -0.1) is 0 Å². The average Bonchev–Trinajstić information content (AvgIpc) is 2.82. The molecule has 2 fully saturated rings. The molecule has 2 rings (SSSR count). The van der Waals surface area contributed by atoms with E-state index in [0.29, 0.717) is 18.5 Å². The zero-order valence-electron chi connectivity index (χ0n) is 14.7. The van der Waals surface area contributed by atoms with Gasteiger partial charge >= 0.3 is 0 Å². The molecule has 0 aromatic rings. The maximum atomic E-state index is 13.5. The Labute approximate surface area is 131 Å². The third-order valence-corrected chi connectivity index (χ3v) is 5.57. The van der Waals surface area contributed by atoms with E-state index >= 15 is 0 Å². The first-order valence-corrected chi connectivity index (χ1v) is 8.89. The molecule has 2 heterocycles. The van der Waals surface area contributed by atoms with Crippen molar-refractivity contribution < 1.29 is 4.39 Å². The number of nitrogens with zero attached hydrogens (tertiary/aromatic N) is 2. The van der Waals surface area contributed by atoms with E-state index in [0.717, 1.165) is 30.7 Å². The van der Waals surface area contributed by atoms with Crippen LogP contribution in [0.25, 0.3) is 0 Å². The smallest absolute Gasteiger partial charge is 0.114 e. The first-order valence-electron chi connectivity index (χ1n) is 8.89. The third-order valence-electron chi connectivity index (χ3n) is 5.57. The highest BCUT2D eigenvalue weighted by Crippen LogP contribution is 2.33. The number of halogens is 1. The second kappa shape index (κ2) is 7.41. The Morgan fingerprint density at radius 1 is 0.905 bits per heavy atom. The van der Waals surface area contributed by atoms with Crippen molar-refractivity contribution in [1.82, 2.24) is 9.80 Å². The van der Waals surface area contributed by atoms with Gasteiger partial charge < -0.3 is 9.80 Å². The Morgan fingerprint density at radius 2 is 1.48 bits per heavy atom. The SMILES string of the molecule is CC(C)C[C@@H]1CC(CC(C)C[C@@H]2CC(F)CN2C)N(C)C1. The number of hydrogen-bond donors (Lipinski definition) is 0. The molecule has 0 amide bonds. The molecule has 2 aliphatic rings. The maximum absolute atomic E-state index is 13.5. The molecule has 5 atom stereocenters. The molecule has 0 aromatic carbocycles. The van der Waals surface area contributed by atoms with Crippen LogP contribution in [0.5, 0.6) is 0 Å². The topological polar surface area (TPSA) is 6.48 Å². The Morgan fingerprint density at radius 3 is 2.00 bits per heavy atom. The average molecular weight is 298 g/mol. The molecule has 0 N–H and O–H groups in total. The van der Waals surface area contributed by atoms with Crippen LogP contribution in [0.4, 0.5) is 4.39 Å². The first kappa shape index (κ1) is 17.2. The minimum atomic E-state index is -0.600. The van der Waals surface area contributed by atoms with Crippen molar-refractivity contribution in [1.29, 1.82) is 0 Å². The summed E-state index contributed by atoms with van der Waals surface area (Å²) in [6, 6.07) is 1.21. The standard InChI is InChI=1S/C18H35FN2/c1-13(2)6-15-9-17(20(4)11-15)7-14(3)8-18-10-16(19)12-21(18)5/h13-18H,6-12H2,1-5H3/t14?,15-,16?,17?,18-/m1/s1. The van der Waals surface area contributed by atoms with Crippen molar-refractivity contribution in [2.75, 3.05) is 27.2 Å². The second-order valence-corrected chi connectivity index (χ2v) is 8.33. The molecule has 2 saturated heterocycles. The summed E-state index contributed by atoms with van der Waals surface area (Å²) in [5, 5.41) is 0. The van der Waals surface area contributed by atoms with Gasteiger partial charge in [-0.3, -0.25) is 0 Å². The molecular weight excluding hydrogens is 263 g/mol. The second-order valence-electron chi connectivity index (χ2n) is 8.33. The van der Waals surface area contributed by atoms with E-state index in [2.05, 4.69) is 44.7 Å². The minimum absolute atomic E-state index is 0.466. The van der Waals surface area contributed by atoms with Crippen molar-refractivity contribution >= 4 is 0 Å². The number of likely N-dealkylation sites (tertiary alicyclic amines) is 2. The van der Waals surface area contributed by atoms with Crippen molar-refractivity contribution in [3.63, 3.8) is 0 Å². The lowest BCUT2D eigenvalue weighted by molar-refractivity contribution is 0.221. The van der Waals surface area contributed by atoms with Gasteiger partial charge in [0, 0.05) is 25.2 Å². The quantitative estimate of drug-likeness (QED) is 0.736. The summed E-state index contributed by atoms with van der Waals surface area (Å²) in [5.74, 6) is 2.40. The molecule has 0 bridgehead atoms. The molecule has 0 aromatic heterocycles. The highest BCUT2D eigenvalue weighted by molar-refractivity contribution is 4.88. The summed E-state index contributed by atoms with van der Waals surface area (Å²) in [7, 11) is 4.37. The lowest BCUT2D eigenvalue weighted by Crippen LogP contribution is -2.30. The number of hydrogen-bond acceptors (Lipinski definition) is 2. The third kappa shape index (κ3) is 4.92. The fourth-order valence-corrected chi connectivity index (χ4v) is 4.62. The van der Waals surface area contributed by atoms with Gasteiger partial charge in [0.1, 0.15) is 6.17 Å². The monoisotopic (exact) mass is 298 g/mol. The van der Waals surface area contributed by atoms with E-state index in [4.69, 9.17) is 0 Å². The van der Waals surface area contributed by atoms with Gasteiger partial charge in [0.15, 0.2) is 0 Å². The lowest BCUT2D eigenvalue weighted by Gasteiger charge is -2.27.